The van der Waals surface area contributed by atoms with Crippen LogP contribution in [0.2, 0.25) is 0 Å². The van der Waals surface area contributed by atoms with Gasteiger partial charge in [-0.25, -0.2) is 0 Å². The van der Waals surface area contributed by atoms with Crippen LogP contribution in [0.25, 0.3) is 16.6 Å². The summed E-state index contributed by atoms with van der Waals surface area (Å²) >= 11 is 0. The van der Waals surface area contributed by atoms with E-state index in [2.05, 4.69) is 13.8 Å². The van der Waals surface area contributed by atoms with E-state index >= 15 is 0 Å². The first-order valence-corrected chi connectivity index (χ1v) is 16.0. The molecule has 8 nitrogen and oxygen atoms in total. The number of aryl methyl sites for hydroxylation is 1. The zero-order valence-corrected chi connectivity index (χ0v) is 26.1. The van der Waals surface area contributed by atoms with Gasteiger partial charge in [-0.15, -0.1) is 0 Å². The van der Waals surface area contributed by atoms with Crippen LogP contribution in [0.4, 0.5) is 5.69 Å². The second-order valence-electron chi connectivity index (χ2n) is 13.0. The number of pyridine rings is 1. The van der Waals surface area contributed by atoms with Gasteiger partial charge in [0.25, 0.3) is 0 Å². The summed E-state index contributed by atoms with van der Waals surface area (Å²) in [6, 6.07) is 10.1. The number of aliphatic hydroxyl groups excluding tert-OH is 1. The van der Waals surface area contributed by atoms with Gasteiger partial charge in [0.2, 0.25) is 0 Å². The zero-order chi connectivity index (χ0) is 30.7. The number of nitrogens with zero attached hydrogens (tertiary/aromatic N) is 4. The molecule has 2 heterocycles. The molecule has 0 spiro atoms. The molecule has 43 heavy (non-hydrogen) atoms. The molecular formula is C35H47N5O3. The highest BCUT2D eigenvalue weighted by molar-refractivity contribution is 6.08. The van der Waals surface area contributed by atoms with Gasteiger partial charge in [-0.1, -0.05) is 45.2 Å². The maximum Gasteiger partial charge on any atom is 0.306 e. The quantitative estimate of drug-likeness (QED) is 0.229. The summed E-state index contributed by atoms with van der Waals surface area (Å²) in [6.45, 7) is 8.74. The first-order valence-electron chi connectivity index (χ1n) is 16.0. The second-order valence-corrected chi connectivity index (χ2v) is 13.0. The number of allylic oxidation sites excluding steroid dienone is 1. The summed E-state index contributed by atoms with van der Waals surface area (Å²) in [4.78, 5) is 21.2. The van der Waals surface area contributed by atoms with Crippen molar-refractivity contribution in [2.24, 2.45) is 28.5 Å². The molecule has 1 unspecified atom stereocenters. The summed E-state index contributed by atoms with van der Waals surface area (Å²) < 4.78 is 1.88. The third-order valence-electron chi connectivity index (χ3n) is 9.58. The van der Waals surface area contributed by atoms with Crippen molar-refractivity contribution in [3.63, 3.8) is 0 Å². The SMILES string of the molecule is CC(=Nc1ccc(C2CCC(C(=O)O)CC2)nc1C)/C(=C(\N)c1cccc2nn(CC(O)C3CCCCC3)cc12)C(C)C. The molecule has 2 aromatic heterocycles. The molecule has 8 heteroatoms. The van der Waals surface area contributed by atoms with Crippen LogP contribution in [-0.2, 0) is 11.3 Å². The predicted octanol–water partition coefficient (Wildman–Crippen LogP) is 7.16. The van der Waals surface area contributed by atoms with Crippen molar-refractivity contribution < 1.29 is 15.0 Å². The minimum absolute atomic E-state index is 0.138. The van der Waals surface area contributed by atoms with E-state index in [1.54, 1.807) is 0 Å². The molecule has 0 aliphatic heterocycles. The minimum atomic E-state index is -0.686. The second kappa shape index (κ2) is 13.4. The van der Waals surface area contributed by atoms with E-state index in [0.29, 0.717) is 36.9 Å². The molecule has 2 fully saturated rings. The summed E-state index contributed by atoms with van der Waals surface area (Å²) in [5.74, 6) is -0.145. The Morgan fingerprint density at radius 1 is 1.07 bits per heavy atom. The molecular weight excluding hydrogens is 538 g/mol. The largest absolute Gasteiger partial charge is 0.481 e. The van der Waals surface area contributed by atoms with Crippen molar-refractivity contribution in [2.45, 2.75) is 104 Å². The van der Waals surface area contributed by atoms with Gasteiger partial charge in [-0.05, 0) is 88.0 Å². The summed E-state index contributed by atoms with van der Waals surface area (Å²) in [7, 11) is 0. The fourth-order valence-corrected chi connectivity index (χ4v) is 7.14. The topological polar surface area (TPSA) is 127 Å². The van der Waals surface area contributed by atoms with Gasteiger partial charge in [-0.3, -0.25) is 19.5 Å². The molecule has 0 bridgehead atoms. The van der Waals surface area contributed by atoms with Gasteiger partial charge in [0.05, 0.1) is 35.5 Å². The van der Waals surface area contributed by atoms with E-state index in [9.17, 15) is 15.0 Å². The number of nitrogens with two attached hydrogens (primary N) is 1. The Balaban J connectivity index is 1.39. The average molecular weight is 586 g/mol. The van der Waals surface area contributed by atoms with Gasteiger partial charge >= 0.3 is 5.97 Å². The Morgan fingerprint density at radius 3 is 2.44 bits per heavy atom. The van der Waals surface area contributed by atoms with Crippen LogP contribution in [0.15, 0.2) is 47.1 Å². The molecule has 0 amide bonds. The number of aliphatic hydroxyl groups is 1. The van der Waals surface area contributed by atoms with Crippen molar-refractivity contribution in [1.29, 1.82) is 0 Å². The summed E-state index contributed by atoms with van der Waals surface area (Å²) in [6.07, 6.45) is 10.6. The molecule has 230 valence electrons. The van der Waals surface area contributed by atoms with Gasteiger partial charge in [-0.2, -0.15) is 5.10 Å². The van der Waals surface area contributed by atoms with E-state index in [1.165, 1.54) is 19.3 Å². The Labute approximate surface area is 255 Å². The van der Waals surface area contributed by atoms with Crippen LogP contribution in [0.1, 0.15) is 101 Å². The average Bonchev–Trinajstić information content (AvgIpc) is 3.41. The van der Waals surface area contributed by atoms with Crippen LogP contribution in [0, 0.1) is 24.7 Å². The summed E-state index contributed by atoms with van der Waals surface area (Å²) in [5.41, 5.74) is 13.9. The fourth-order valence-electron chi connectivity index (χ4n) is 7.14. The number of hydrogen-bond donors (Lipinski definition) is 3. The zero-order valence-electron chi connectivity index (χ0n) is 26.1. The molecule has 1 aromatic carbocycles. The van der Waals surface area contributed by atoms with Gasteiger partial charge in [0, 0.05) is 40.2 Å². The van der Waals surface area contributed by atoms with Crippen molar-refractivity contribution in [2.75, 3.05) is 0 Å². The molecule has 2 aliphatic rings. The third-order valence-corrected chi connectivity index (χ3v) is 9.58. The van der Waals surface area contributed by atoms with Crippen molar-refractivity contribution in [1.82, 2.24) is 14.8 Å². The molecule has 3 aromatic rings. The van der Waals surface area contributed by atoms with Crippen molar-refractivity contribution in [3.05, 3.63) is 59.1 Å². The number of fused-ring (bicyclic) bond motifs is 1. The van der Waals surface area contributed by atoms with Gasteiger partial charge < -0.3 is 15.9 Å². The lowest BCUT2D eigenvalue weighted by Crippen LogP contribution is -2.27. The van der Waals surface area contributed by atoms with Crippen molar-refractivity contribution >= 4 is 34.0 Å². The van der Waals surface area contributed by atoms with Gasteiger partial charge in [0.15, 0.2) is 0 Å². The maximum absolute atomic E-state index is 11.3. The molecule has 0 saturated heterocycles. The monoisotopic (exact) mass is 585 g/mol. The van der Waals surface area contributed by atoms with Crippen LogP contribution >= 0.6 is 0 Å². The molecule has 2 saturated carbocycles. The number of aliphatic imine (C=N–C) groups is 1. The number of benzene rings is 1. The first-order chi connectivity index (χ1) is 20.6. The maximum atomic E-state index is 11.3. The normalized spacial score (nSPS) is 21.7. The highest BCUT2D eigenvalue weighted by atomic mass is 16.4. The number of carboxylic acids is 1. The number of carboxylic acid groups (broad SMARTS) is 1. The molecule has 1 atom stereocenters. The lowest BCUT2D eigenvalue weighted by molar-refractivity contribution is -0.142. The number of rotatable bonds is 9. The lowest BCUT2D eigenvalue weighted by Gasteiger charge is -2.26. The number of hydrogen-bond acceptors (Lipinski definition) is 6. The van der Waals surface area contributed by atoms with Crippen molar-refractivity contribution in [3.8, 4) is 0 Å². The van der Waals surface area contributed by atoms with E-state index in [-0.39, 0.29) is 11.8 Å². The Bertz CT molecular complexity index is 1510. The van der Waals surface area contributed by atoms with Crippen LogP contribution in [0.3, 0.4) is 0 Å². The van der Waals surface area contributed by atoms with Gasteiger partial charge in [0.1, 0.15) is 0 Å². The highest BCUT2D eigenvalue weighted by Gasteiger charge is 2.28. The third kappa shape index (κ3) is 7.01. The predicted molar refractivity (Wildman–Crippen MR) is 172 cm³/mol. The first kappa shape index (κ1) is 30.9. The standard InChI is InChI=1S/C35H47N5O3/c1-21(2)33(23(4)38-29-17-18-30(37-22(29)3)24-13-15-26(16-14-24)35(42)43)34(36)27-11-8-12-31-28(27)19-40(39-31)20-32(41)25-9-6-5-7-10-25/h8,11-12,17-19,21,24-26,32,41H,5-7,9-10,13-16,20,36H2,1-4H3,(H,42,43)/b34-33-,38-23?. The molecule has 0 radical (unpaired) electrons. The summed E-state index contributed by atoms with van der Waals surface area (Å²) in [5, 5.41) is 26.0. The van der Waals surface area contributed by atoms with Crippen LogP contribution < -0.4 is 5.73 Å². The van der Waals surface area contributed by atoms with Crippen LogP contribution in [-0.4, -0.2) is 42.8 Å². The lowest BCUT2D eigenvalue weighted by atomic mass is 9.80. The van der Waals surface area contributed by atoms with E-state index < -0.39 is 12.1 Å². The smallest absolute Gasteiger partial charge is 0.306 e. The van der Waals surface area contributed by atoms with E-state index in [4.69, 9.17) is 20.8 Å². The fraction of sp³-hybridized carbons (Fsp3) is 0.543. The molecule has 4 N–H and O–H groups in total. The van der Waals surface area contributed by atoms with E-state index in [0.717, 1.165) is 70.5 Å². The Kier molecular flexibility index (Phi) is 9.65. The minimum Gasteiger partial charge on any atom is -0.481 e. The molecule has 5 rings (SSSR count). The number of aliphatic carboxylic acids is 1. The Morgan fingerprint density at radius 2 is 1.79 bits per heavy atom. The number of aromatic nitrogens is 3. The highest BCUT2D eigenvalue weighted by Crippen LogP contribution is 2.36. The molecule has 2 aliphatic carbocycles. The number of carbonyl (C=O) groups is 1. The van der Waals surface area contributed by atoms with Crippen LogP contribution in [0.5, 0.6) is 0 Å². The Hall–Kier alpha value is -3.52. The van der Waals surface area contributed by atoms with E-state index in [1.807, 2.05) is 55.1 Å².